The quantitative estimate of drug-likeness (QED) is 0.806. The van der Waals surface area contributed by atoms with Gasteiger partial charge in [-0.05, 0) is 25.2 Å². The van der Waals surface area contributed by atoms with E-state index in [1.807, 2.05) is 34.6 Å². The van der Waals surface area contributed by atoms with E-state index in [0.29, 0.717) is 18.4 Å². The molecular formula is C13H26N4O2S. The van der Waals surface area contributed by atoms with E-state index in [-0.39, 0.29) is 16.8 Å². The number of nitrogens with one attached hydrogen (secondary N) is 1. The van der Waals surface area contributed by atoms with Gasteiger partial charge in [0.15, 0.2) is 0 Å². The Kier molecular flexibility index (Phi) is 5.59. The number of nitrogen functional groups attached to an aromatic ring is 1. The van der Waals surface area contributed by atoms with Crippen LogP contribution in [0.5, 0.6) is 0 Å². The lowest BCUT2D eigenvalue weighted by Gasteiger charge is -2.17. The van der Waals surface area contributed by atoms with Crippen molar-refractivity contribution in [3.8, 4) is 0 Å². The fourth-order valence-corrected chi connectivity index (χ4v) is 2.83. The molecule has 1 heterocycles. The first-order valence-electron chi connectivity index (χ1n) is 6.99. The third kappa shape index (κ3) is 3.96. The van der Waals surface area contributed by atoms with Crippen molar-refractivity contribution >= 4 is 15.8 Å². The molecule has 7 heteroatoms. The van der Waals surface area contributed by atoms with Crippen molar-refractivity contribution in [2.24, 2.45) is 11.8 Å². The molecule has 0 aliphatic heterocycles. The van der Waals surface area contributed by atoms with Gasteiger partial charge in [0.05, 0.1) is 12.2 Å². The monoisotopic (exact) mass is 302 g/mol. The van der Waals surface area contributed by atoms with Gasteiger partial charge in [0.2, 0.25) is 10.0 Å². The molecule has 3 N–H and O–H groups in total. The Hall–Kier alpha value is -1.08. The van der Waals surface area contributed by atoms with Gasteiger partial charge in [-0.2, -0.15) is 5.10 Å². The van der Waals surface area contributed by atoms with Crippen molar-refractivity contribution in [2.45, 2.75) is 52.0 Å². The molecule has 0 fully saturated rings. The average molecular weight is 302 g/mol. The molecule has 0 aromatic carbocycles. The third-order valence-corrected chi connectivity index (χ3v) is 4.93. The maximum absolute atomic E-state index is 12.2. The van der Waals surface area contributed by atoms with Crippen LogP contribution in [0, 0.1) is 11.8 Å². The number of hydrogen-bond donors (Lipinski definition) is 2. The predicted octanol–water partition coefficient (Wildman–Crippen LogP) is 2.01. The lowest BCUT2D eigenvalue weighted by molar-refractivity contribution is 0.380. The summed E-state index contributed by atoms with van der Waals surface area (Å²) in [5, 5.41) is 4.12. The van der Waals surface area contributed by atoms with Gasteiger partial charge in [-0.3, -0.25) is 0 Å². The summed E-state index contributed by atoms with van der Waals surface area (Å²) in [4.78, 5) is 0.0637. The summed E-state index contributed by atoms with van der Waals surface area (Å²) in [5.41, 5.74) is 5.94. The molecule has 0 amide bonds. The molecule has 6 nitrogen and oxygen atoms in total. The van der Waals surface area contributed by atoms with Crippen molar-refractivity contribution in [3.05, 3.63) is 6.20 Å². The van der Waals surface area contributed by atoms with Crippen LogP contribution in [0.3, 0.4) is 0 Å². The van der Waals surface area contributed by atoms with Gasteiger partial charge >= 0.3 is 0 Å². The van der Waals surface area contributed by atoms with E-state index < -0.39 is 10.0 Å². The lowest BCUT2D eigenvalue weighted by atomic mass is 10.1. The SMILES string of the molecule is CC(C)CCNS(=O)(=O)c1cnn(C(C)C(C)C)c1N. The Morgan fingerprint density at radius 3 is 2.40 bits per heavy atom. The largest absolute Gasteiger partial charge is 0.383 e. The summed E-state index contributed by atoms with van der Waals surface area (Å²) in [5.74, 6) is 0.962. The van der Waals surface area contributed by atoms with Crippen LogP contribution in [0.1, 0.15) is 47.1 Å². The van der Waals surface area contributed by atoms with E-state index in [1.54, 1.807) is 4.68 Å². The fraction of sp³-hybridized carbons (Fsp3) is 0.769. The van der Waals surface area contributed by atoms with E-state index in [0.717, 1.165) is 6.42 Å². The molecule has 0 bridgehead atoms. The Morgan fingerprint density at radius 1 is 1.30 bits per heavy atom. The minimum atomic E-state index is -3.58. The first-order valence-corrected chi connectivity index (χ1v) is 8.47. The molecule has 1 aromatic heterocycles. The van der Waals surface area contributed by atoms with Gasteiger partial charge in [0, 0.05) is 6.54 Å². The van der Waals surface area contributed by atoms with Crippen LogP contribution in [-0.2, 0) is 10.0 Å². The fourth-order valence-electron chi connectivity index (χ4n) is 1.73. The van der Waals surface area contributed by atoms with E-state index in [9.17, 15) is 8.42 Å². The molecular weight excluding hydrogens is 276 g/mol. The number of aromatic nitrogens is 2. The van der Waals surface area contributed by atoms with Crippen molar-refractivity contribution in [1.29, 1.82) is 0 Å². The van der Waals surface area contributed by atoms with Gasteiger partial charge in [0.25, 0.3) is 0 Å². The molecule has 0 aliphatic carbocycles. The highest BCUT2D eigenvalue weighted by molar-refractivity contribution is 7.89. The van der Waals surface area contributed by atoms with E-state index >= 15 is 0 Å². The smallest absolute Gasteiger partial charge is 0.245 e. The van der Waals surface area contributed by atoms with Gasteiger partial charge in [-0.25, -0.2) is 17.8 Å². The lowest BCUT2D eigenvalue weighted by Crippen LogP contribution is -2.26. The zero-order chi connectivity index (χ0) is 15.5. The summed E-state index contributed by atoms with van der Waals surface area (Å²) < 4.78 is 28.5. The van der Waals surface area contributed by atoms with Gasteiger partial charge in [0.1, 0.15) is 10.7 Å². The summed E-state index contributed by atoms with van der Waals surface area (Å²) >= 11 is 0. The number of hydrogen-bond acceptors (Lipinski definition) is 4. The van der Waals surface area contributed by atoms with Crippen molar-refractivity contribution in [2.75, 3.05) is 12.3 Å². The molecule has 20 heavy (non-hydrogen) atoms. The molecule has 1 unspecified atom stereocenters. The van der Waals surface area contributed by atoms with Crippen LogP contribution in [0.4, 0.5) is 5.82 Å². The van der Waals surface area contributed by atoms with Crippen LogP contribution in [0.2, 0.25) is 0 Å². The minimum absolute atomic E-state index is 0.0506. The minimum Gasteiger partial charge on any atom is -0.383 e. The van der Waals surface area contributed by atoms with Gasteiger partial charge in [-0.1, -0.05) is 27.7 Å². The summed E-state index contributed by atoms with van der Waals surface area (Å²) in [6, 6.07) is 0.0506. The second-order valence-corrected chi connectivity index (χ2v) is 7.64. The maximum Gasteiger partial charge on any atom is 0.245 e. The highest BCUT2D eigenvalue weighted by Crippen LogP contribution is 2.24. The molecule has 0 saturated carbocycles. The number of sulfonamides is 1. The van der Waals surface area contributed by atoms with Gasteiger partial charge < -0.3 is 5.73 Å². The zero-order valence-corrected chi connectivity index (χ0v) is 13.7. The maximum atomic E-state index is 12.2. The van der Waals surface area contributed by atoms with Crippen LogP contribution in [0.15, 0.2) is 11.1 Å². The molecule has 0 saturated heterocycles. The van der Waals surface area contributed by atoms with Crippen LogP contribution in [-0.4, -0.2) is 24.7 Å². The zero-order valence-electron chi connectivity index (χ0n) is 12.9. The molecule has 1 rings (SSSR count). The first-order chi connectivity index (χ1) is 9.16. The van der Waals surface area contributed by atoms with Crippen molar-refractivity contribution < 1.29 is 8.42 Å². The van der Waals surface area contributed by atoms with E-state index in [2.05, 4.69) is 9.82 Å². The average Bonchev–Trinajstić information content (AvgIpc) is 2.69. The summed E-state index contributed by atoms with van der Waals surface area (Å²) in [6.07, 6.45) is 2.11. The van der Waals surface area contributed by atoms with E-state index in [1.165, 1.54) is 6.20 Å². The van der Waals surface area contributed by atoms with Crippen LogP contribution >= 0.6 is 0 Å². The third-order valence-electron chi connectivity index (χ3n) is 3.45. The van der Waals surface area contributed by atoms with Crippen molar-refractivity contribution in [1.82, 2.24) is 14.5 Å². The topological polar surface area (TPSA) is 90.0 Å². The second kappa shape index (κ2) is 6.58. The highest BCUT2D eigenvalue weighted by atomic mass is 32.2. The summed E-state index contributed by atoms with van der Waals surface area (Å²) in [7, 11) is -3.58. The van der Waals surface area contributed by atoms with Crippen LogP contribution in [0.25, 0.3) is 0 Å². The normalized spacial score (nSPS) is 14.2. The molecule has 0 aliphatic rings. The highest BCUT2D eigenvalue weighted by Gasteiger charge is 2.24. The molecule has 0 spiro atoms. The standard InChI is InChI=1S/C13H26N4O2S/c1-9(2)6-7-16-20(18,19)12-8-15-17(13(12)14)11(5)10(3)4/h8-11,16H,6-7,14H2,1-5H3. The molecule has 1 aromatic rings. The number of nitrogens with two attached hydrogens (primary N) is 1. The Labute approximate surface area is 121 Å². The Balaban J connectivity index is 2.92. The number of rotatable bonds is 7. The van der Waals surface area contributed by atoms with Gasteiger partial charge in [-0.15, -0.1) is 0 Å². The predicted molar refractivity (Wildman–Crippen MR) is 80.8 cm³/mol. The molecule has 1 atom stereocenters. The van der Waals surface area contributed by atoms with E-state index in [4.69, 9.17) is 5.73 Å². The summed E-state index contributed by atoms with van der Waals surface area (Å²) in [6.45, 7) is 10.6. The molecule has 116 valence electrons. The number of nitrogens with zero attached hydrogens (tertiary/aromatic N) is 2. The number of anilines is 1. The Bertz CT molecular complexity index is 535. The Morgan fingerprint density at radius 2 is 1.90 bits per heavy atom. The second-order valence-electron chi connectivity index (χ2n) is 5.90. The first kappa shape index (κ1) is 17.0. The molecule has 0 radical (unpaired) electrons. The van der Waals surface area contributed by atoms with Crippen LogP contribution < -0.4 is 10.5 Å². The van der Waals surface area contributed by atoms with Crippen molar-refractivity contribution in [3.63, 3.8) is 0 Å².